The first-order valence-electron chi connectivity index (χ1n) is 7.69. The van der Waals surface area contributed by atoms with Gasteiger partial charge in [-0.3, -0.25) is 9.89 Å². The second-order valence-electron chi connectivity index (χ2n) is 5.74. The number of halogens is 1. The number of nitrogens with zero attached hydrogens (tertiary/aromatic N) is 1. The fraction of sp³-hybridized carbons (Fsp3) is 0.167. The van der Waals surface area contributed by atoms with Crippen LogP contribution in [0, 0.1) is 0 Å². The van der Waals surface area contributed by atoms with E-state index in [2.05, 4.69) is 15.5 Å². The summed E-state index contributed by atoms with van der Waals surface area (Å²) in [5.74, 6) is 0.0268. The van der Waals surface area contributed by atoms with Gasteiger partial charge in [0.2, 0.25) is 6.41 Å². The molecule has 3 aromatic rings. The summed E-state index contributed by atoms with van der Waals surface area (Å²) in [4.78, 5) is 22.8. The Balaban J connectivity index is 2.06. The van der Waals surface area contributed by atoms with Crippen molar-refractivity contribution in [2.45, 2.75) is 20.0 Å². The second kappa shape index (κ2) is 6.94. The second-order valence-corrected chi connectivity index (χ2v) is 6.15. The van der Waals surface area contributed by atoms with E-state index in [1.165, 1.54) is 0 Å². The van der Waals surface area contributed by atoms with Crippen molar-refractivity contribution < 1.29 is 14.3 Å². The Hall–Kier alpha value is -2.86. The van der Waals surface area contributed by atoms with Crippen LogP contribution in [0.25, 0.3) is 22.0 Å². The average Bonchev–Trinajstić information content (AvgIpc) is 2.97. The molecule has 0 saturated carbocycles. The first-order chi connectivity index (χ1) is 12.0. The van der Waals surface area contributed by atoms with Gasteiger partial charge in [0.05, 0.1) is 17.2 Å². The Morgan fingerprint density at radius 1 is 1.28 bits per heavy atom. The molecular weight excluding hydrogens is 342 g/mol. The van der Waals surface area contributed by atoms with Crippen LogP contribution < -0.4 is 5.32 Å². The third-order valence-corrected chi connectivity index (χ3v) is 3.94. The van der Waals surface area contributed by atoms with E-state index in [1.807, 2.05) is 18.2 Å². The highest BCUT2D eigenvalue weighted by atomic mass is 35.5. The predicted molar refractivity (Wildman–Crippen MR) is 96.8 cm³/mol. The molecular formula is C18H16ClN3O3. The van der Waals surface area contributed by atoms with Gasteiger partial charge in [-0.05, 0) is 49.7 Å². The number of hydrogen-bond donors (Lipinski definition) is 2. The van der Waals surface area contributed by atoms with Crippen molar-refractivity contribution in [1.29, 1.82) is 0 Å². The van der Waals surface area contributed by atoms with Gasteiger partial charge in [-0.25, -0.2) is 4.79 Å². The minimum Gasteiger partial charge on any atom is -0.459 e. The molecule has 0 bridgehead atoms. The van der Waals surface area contributed by atoms with Crippen LogP contribution >= 0.6 is 11.6 Å². The number of anilines is 1. The monoisotopic (exact) mass is 357 g/mol. The lowest BCUT2D eigenvalue weighted by atomic mass is 10.0. The van der Waals surface area contributed by atoms with E-state index in [0.717, 1.165) is 16.5 Å². The van der Waals surface area contributed by atoms with Gasteiger partial charge in [0.25, 0.3) is 0 Å². The molecule has 3 rings (SSSR count). The van der Waals surface area contributed by atoms with E-state index in [4.69, 9.17) is 16.3 Å². The number of benzene rings is 2. The molecule has 0 fully saturated rings. The standard InChI is InChI=1S/C18H16ClN3O3/c1-10(2)25-18(24)12-3-5-15(19)13(8-12)11-4-6-16-14(7-11)17(20-9-23)22-21-16/h3-10H,1-2H3,(H2,20,21,22,23). The number of fused-ring (bicyclic) bond motifs is 1. The summed E-state index contributed by atoms with van der Waals surface area (Å²) in [5.41, 5.74) is 2.69. The molecule has 0 unspecified atom stereocenters. The maximum absolute atomic E-state index is 12.1. The molecule has 0 aliphatic carbocycles. The topological polar surface area (TPSA) is 84.1 Å². The summed E-state index contributed by atoms with van der Waals surface area (Å²) in [7, 11) is 0. The molecule has 0 aliphatic rings. The lowest BCUT2D eigenvalue weighted by Crippen LogP contribution is -2.11. The van der Waals surface area contributed by atoms with Gasteiger partial charge < -0.3 is 10.1 Å². The number of hydrogen-bond acceptors (Lipinski definition) is 4. The van der Waals surface area contributed by atoms with Crippen LogP contribution in [0.1, 0.15) is 24.2 Å². The fourth-order valence-corrected chi connectivity index (χ4v) is 2.73. The number of carbonyl (C=O) groups is 2. The van der Waals surface area contributed by atoms with Crippen LogP contribution in [0.3, 0.4) is 0 Å². The van der Waals surface area contributed by atoms with Crippen molar-refractivity contribution in [3.63, 3.8) is 0 Å². The number of aromatic nitrogens is 2. The van der Waals surface area contributed by atoms with Crippen molar-refractivity contribution in [3.05, 3.63) is 47.0 Å². The van der Waals surface area contributed by atoms with E-state index >= 15 is 0 Å². The molecule has 1 amide bonds. The van der Waals surface area contributed by atoms with Gasteiger partial charge in [-0.1, -0.05) is 17.7 Å². The molecule has 1 aromatic heterocycles. The Morgan fingerprint density at radius 2 is 2.08 bits per heavy atom. The van der Waals surface area contributed by atoms with Crippen molar-refractivity contribution in [1.82, 2.24) is 10.2 Å². The summed E-state index contributed by atoms with van der Waals surface area (Å²) < 4.78 is 5.23. The highest BCUT2D eigenvalue weighted by molar-refractivity contribution is 6.33. The molecule has 0 aliphatic heterocycles. The Kier molecular flexibility index (Phi) is 4.72. The smallest absolute Gasteiger partial charge is 0.338 e. The Bertz CT molecular complexity index is 950. The van der Waals surface area contributed by atoms with Crippen LogP contribution in [0.4, 0.5) is 5.82 Å². The lowest BCUT2D eigenvalue weighted by Gasteiger charge is -2.10. The molecule has 0 radical (unpaired) electrons. The van der Waals surface area contributed by atoms with E-state index in [9.17, 15) is 9.59 Å². The minimum absolute atomic E-state index is 0.203. The molecule has 2 aromatic carbocycles. The molecule has 0 atom stereocenters. The van der Waals surface area contributed by atoms with E-state index in [1.54, 1.807) is 32.0 Å². The molecule has 1 heterocycles. The highest BCUT2D eigenvalue weighted by Crippen LogP contribution is 2.32. The van der Waals surface area contributed by atoms with Gasteiger partial charge in [0, 0.05) is 16.0 Å². The largest absolute Gasteiger partial charge is 0.459 e. The molecule has 6 nitrogen and oxygen atoms in total. The van der Waals surface area contributed by atoms with E-state index in [0.29, 0.717) is 28.4 Å². The van der Waals surface area contributed by atoms with Crippen molar-refractivity contribution in [3.8, 4) is 11.1 Å². The van der Waals surface area contributed by atoms with Gasteiger partial charge >= 0.3 is 5.97 Å². The van der Waals surface area contributed by atoms with E-state index < -0.39 is 5.97 Å². The van der Waals surface area contributed by atoms with Crippen LogP contribution in [0.2, 0.25) is 5.02 Å². The van der Waals surface area contributed by atoms with Gasteiger partial charge in [-0.15, -0.1) is 0 Å². The number of esters is 1. The van der Waals surface area contributed by atoms with Crippen LogP contribution in [0.5, 0.6) is 0 Å². The zero-order chi connectivity index (χ0) is 18.0. The predicted octanol–water partition coefficient (Wildman–Crippen LogP) is 4.02. The summed E-state index contributed by atoms with van der Waals surface area (Å²) in [6.07, 6.45) is 0.364. The third kappa shape index (κ3) is 3.49. The number of rotatable bonds is 5. The molecule has 25 heavy (non-hydrogen) atoms. The highest BCUT2D eigenvalue weighted by Gasteiger charge is 2.14. The summed E-state index contributed by atoms with van der Waals surface area (Å²) >= 11 is 6.32. The summed E-state index contributed by atoms with van der Waals surface area (Å²) in [6, 6.07) is 10.5. The maximum atomic E-state index is 12.1. The minimum atomic E-state index is -0.402. The molecule has 128 valence electrons. The maximum Gasteiger partial charge on any atom is 0.338 e. The Labute approximate surface area is 149 Å². The number of nitrogens with one attached hydrogen (secondary N) is 2. The van der Waals surface area contributed by atoms with Crippen molar-refractivity contribution in [2.75, 3.05) is 5.32 Å². The third-order valence-electron chi connectivity index (χ3n) is 3.61. The molecule has 0 saturated heterocycles. The fourth-order valence-electron chi connectivity index (χ4n) is 2.50. The number of H-pyrrole nitrogens is 1. The van der Waals surface area contributed by atoms with Crippen LogP contribution in [-0.4, -0.2) is 28.7 Å². The van der Waals surface area contributed by atoms with Gasteiger partial charge in [-0.2, -0.15) is 5.10 Å². The number of amides is 1. The number of ether oxygens (including phenoxy) is 1. The zero-order valence-electron chi connectivity index (χ0n) is 13.7. The average molecular weight is 358 g/mol. The van der Waals surface area contributed by atoms with Crippen LogP contribution in [-0.2, 0) is 9.53 Å². The number of aromatic amines is 1. The summed E-state index contributed by atoms with van der Waals surface area (Å²) in [5, 5.41) is 10.7. The Morgan fingerprint density at radius 3 is 2.80 bits per heavy atom. The quantitative estimate of drug-likeness (QED) is 0.533. The van der Waals surface area contributed by atoms with Gasteiger partial charge in [0.1, 0.15) is 0 Å². The molecule has 7 heteroatoms. The molecule has 2 N–H and O–H groups in total. The SMILES string of the molecule is CC(C)OC(=O)c1ccc(Cl)c(-c2ccc3[nH]nc(NC=O)c3c2)c1. The van der Waals surface area contributed by atoms with Crippen molar-refractivity contribution >= 4 is 40.7 Å². The number of carbonyl (C=O) groups excluding carboxylic acids is 2. The summed E-state index contributed by atoms with van der Waals surface area (Å²) in [6.45, 7) is 3.59. The first-order valence-corrected chi connectivity index (χ1v) is 8.06. The van der Waals surface area contributed by atoms with Crippen LogP contribution in [0.15, 0.2) is 36.4 Å². The zero-order valence-corrected chi connectivity index (χ0v) is 14.4. The van der Waals surface area contributed by atoms with Crippen molar-refractivity contribution in [2.24, 2.45) is 0 Å². The first kappa shape index (κ1) is 17.0. The molecule has 0 spiro atoms. The lowest BCUT2D eigenvalue weighted by molar-refractivity contribution is -0.105. The normalized spacial score (nSPS) is 10.9. The van der Waals surface area contributed by atoms with E-state index in [-0.39, 0.29) is 6.10 Å². The van der Waals surface area contributed by atoms with Gasteiger partial charge in [0.15, 0.2) is 5.82 Å².